The SMILES string of the molecule is Nc1ccc2c(N3CCC4(CC3)OCCO4)ncnc2c1. The number of fused-ring (bicyclic) bond motifs is 1. The van der Waals surface area contributed by atoms with Crippen molar-refractivity contribution in [1.29, 1.82) is 0 Å². The topological polar surface area (TPSA) is 73.5 Å². The molecule has 0 atom stereocenters. The van der Waals surface area contributed by atoms with Crippen LogP contribution in [0.3, 0.4) is 0 Å². The molecule has 0 unspecified atom stereocenters. The molecule has 2 saturated heterocycles. The number of rotatable bonds is 1. The third kappa shape index (κ3) is 2.20. The highest BCUT2D eigenvalue weighted by molar-refractivity contribution is 5.91. The van der Waals surface area contributed by atoms with Crippen molar-refractivity contribution in [2.45, 2.75) is 18.6 Å². The van der Waals surface area contributed by atoms with Crippen molar-refractivity contribution in [1.82, 2.24) is 9.97 Å². The second kappa shape index (κ2) is 4.82. The molecule has 1 aromatic heterocycles. The summed E-state index contributed by atoms with van der Waals surface area (Å²) in [6, 6.07) is 5.77. The molecule has 4 rings (SSSR count). The highest BCUT2D eigenvalue weighted by atomic mass is 16.7. The number of hydrogen-bond acceptors (Lipinski definition) is 6. The van der Waals surface area contributed by atoms with Gasteiger partial charge in [-0.15, -0.1) is 0 Å². The molecule has 1 spiro atoms. The molecule has 110 valence electrons. The van der Waals surface area contributed by atoms with Crippen LogP contribution in [0, 0.1) is 0 Å². The second-order valence-corrected chi connectivity index (χ2v) is 5.57. The Morgan fingerprint density at radius 3 is 2.62 bits per heavy atom. The summed E-state index contributed by atoms with van der Waals surface area (Å²) < 4.78 is 11.5. The van der Waals surface area contributed by atoms with Gasteiger partial charge in [-0.05, 0) is 18.2 Å². The predicted molar refractivity (Wildman–Crippen MR) is 80.0 cm³/mol. The number of hydrogen-bond donors (Lipinski definition) is 1. The number of anilines is 2. The van der Waals surface area contributed by atoms with E-state index in [0.717, 1.165) is 48.3 Å². The number of nitrogens with zero attached hydrogens (tertiary/aromatic N) is 3. The van der Waals surface area contributed by atoms with Crippen LogP contribution in [0.15, 0.2) is 24.5 Å². The summed E-state index contributed by atoms with van der Waals surface area (Å²) >= 11 is 0. The van der Waals surface area contributed by atoms with Crippen molar-refractivity contribution in [3.8, 4) is 0 Å². The van der Waals surface area contributed by atoms with Gasteiger partial charge in [0.2, 0.25) is 0 Å². The van der Waals surface area contributed by atoms with Gasteiger partial charge in [-0.3, -0.25) is 0 Å². The van der Waals surface area contributed by atoms with E-state index < -0.39 is 0 Å². The summed E-state index contributed by atoms with van der Waals surface area (Å²) in [4.78, 5) is 11.0. The Morgan fingerprint density at radius 1 is 1.10 bits per heavy atom. The highest BCUT2D eigenvalue weighted by Crippen LogP contribution is 2.34. The first-order valence-corrected chi connectivity index (χ1v) is 7.29. The Labute approximate surface area is 122 Å². The third-order valence-electron chi connectivity index (χ3n) is 4.28. The van der Waals surface area contributed by atoms with Crippen LogP contribution in [0.2, 0.25) is 0 Å². The minimum absolute atomic E-state index is 0.357. The zero-order chi connectivity index (χ0) is 14.3. The molecule has 2 N–H and O–H groups in total. The third-order valence-corrected chi connectivity index (χ3v) is 4.28. The lowest BCUT2D eigenvalue weighted by Crippen LogP contribution is -2.45. The molecule has 0 bridgehead atoms. The molecule has 0 amide bonds. The van der Waals surface area contributed by atoms with Crippen LogP contribution >= 0.6 is 0 Å². The average molecular weight is 286 g/mol. The number of ether oxygens (including phenoxy) is 2. The van der Waals surface area contributed by atoms with Crippen molar-refractivity contribution in [2.75, 3.05) is 36.9 Å². The molecule has 6 nitrogen and oxygen atoms in total. The van der Waals surface area contributed by atoms with E-state index in [4.69, 9.17) is 15.2 Å². The van der Waals surface area contributed by atoms with E-state index in [0.29, 0.717) is 13.2 Å². The van der Waals surface area contributed by atoms with Gasteiger partial charge in [0.1, 0.15) is 12.1 Å². The molecular weight excluding hydrogens is 268 g/mol. The van der Waals surface area contributed by atoms with Gasteiger partial charge < -0.3 is 20.1 Å². The number of nitrogens with two attached hydrogens (primary N) is 1. The summed E-state index contributed by atoms with van der Waals surface area (Å²) in [6.45, 7) is 3.15. The lowest BCUT2D eigenvalue weighted by Gasteiger charge is -2.38. The van der Waals surface area contributed by atoms with E-state index in [-0.39, 0.29) is 5.79 Å². The fourth-order valence-corrected chi connectivity index (χ4v) is 3.16. The maximum atomic E-state index is 5.82. The fourth-order valence-electron chi connectivity index (χ4n) is 3.16. The Kier molecular flexibility index (Phi) is 2.94. The summed E-state index contributed by atoms with van der Waals surface area (Å²) in [5.74, 6) is 0.608. The normalized spacial score (nSPS) is 21.2. The molecule has 0 saturated carbocycles. The number of benzene rings is 1. The monoisotopic (exact) mass is 286 g/mol. The van der Waals surface area contributed by atoms with E-state index in [1.54, 1.807) is 6.33 Å². The molecule has 2 aliphatic heterocycles. The summed E-state index contributed by atoms with van der Waals surface area (Å²) in [5.41, 5.74) is 7.43. The number of nitrogen functional groups attached to an aromatic ring is 1. The van der Waals surface area contributed by atoms with Crippen molar-refractivity contribution in [2.24, 2.45) is 0 Å². The molecular formula is C15H18N4O2. The zero-order valence-corrected chi connectivity index (χ0v) is 11.8. The summed E-state index contributed by atoms with van der Waals surface area (Å²) in [5, 5.41) is 1.04. The predicted octanol–water partition coefficient (Wildman–Crippen LogP) is 1.56. The van der Waals surface area contributed by atoms with Crippen molar-refractivity contribution < 1.29 is 9.47 Å². The first-order chi connectivity index (χ1) is 10.3. The summed E-state index contributed by atoms with van der Waals surface area (Å²) in [7, 11) is 0. The first kappa shape index (κ1) is 12.8. The van der Waals surface area contributed by atoms with Crippen molar-refractivity contribution in [3.63, 3.8) is 0 Å². The summed E-state index contributed by atoms with van der Waals surface area (Å²) in [6.07, 6.45) is 3.34. The molecule has 2 aromatic rings. The van der Waals surface area contributed by atoms with Gasteiger partial charge in [0.15, 0.2) is 5.79 Å². The van der Waals surface area contributed by atoms with Gasteiger partial charge in [-0.25, -0.2) is 9.97 Å². The Morgan fingerprint density at radius 2 is 1.86 bits per heavy atom. The first-order valence-electron chi connectivity index (χ1n) is 7.29. The lowest BCUT2D eigenvalue weighted by atomic mass is 10.0. The molecule has 2 aliphatic rings. The van der Waals surface area contributed by atoms with Gasteiger partial charge in [-0.1, -0.05) is 0 Å². The maximum Gasteiger partial charge on any atom is 0.171 e. The molecule has 6 heteroatoms. The smallest absolute Gasteiger partial charge is 0.171 e. The molecule has 1 aromatic carbocycles. The minimum atomic E-state index is -0.357. The van der Waals surface area contributed by atoms with Crippen LogP contribution in [-0.2, 0) is 9.47 Å². The average Bonchev–Trinajstić information content (AvgIpc) is 2.95. The highest BCUT2D eigenvalue weighted by Gasteiger charge is 2.40. The molecule has 2 fully saturated rings. The van der Waals surface area contributed by atoms with Crippen molar-refractivity contribution in [3.05, 3.63) is 24.5 Å². The maximum absolute atomic E-state index is 5.82. The quantitative estimate of drug-likeness (QED) is 0.802. The van der Waals surface area contributed by atoms with E-state index in [2.05, 4.69) is 14.9 Å². The van der Waals surface area contributed by atoms with Gasteiger partial charge in [0, 0.05) is 37.0 Å². The zero-order valence-electron chi connectivity index (χ0n) is 11.8. The Balaban J connectivity index is 1.62. The minimum Gasteiger partial charge on any atom is -0.399 e. The van der Waals surface area contributed by atoms with E-state index >= 15 is 0 Å². The van der Waals surface area contributed by atoms with E-state index in [1.807, 2.05) is 18.2 Å². The van der Waals surface area contributed by atoms with Crippen LogP contribution in [0.5, 0.6) is 0 Å². The van der Waals surface area contributed by atoms with Gasteiger partial charge in [0.25, 0.3) is 0 Å². The van der Waals surface area contributed by atoms with E-state index in [1.165, 1.54) is 0 Å². The van der Waals surface area contributed by atoms with Crippen molar-refractivity contribution >= 4 is 22.4 Å². The van der Waals surface area contributed by atoms with Gasteiger partial charge in [-0.2, -0.15) is 0 Å². The molecule has 0 aliphatic carbocycles. The van der Waals surface area contributed by atoms with Crippen LogP contribution in [0.4, 0.5) is 11.5 Å². The lowest BCUT2D eigenvalue weighted by molar-refractivity contribution is -0.169. The van der Waals surface area contributed by atoms with Crippen LogP contribution < -0.4 is 10.6 Å². The van der Waals surface area contributed by atoms with Crippen LogP contribution in [0.1, 0.15) is 12.8 Å². The van der Waals surface area contributed by atoms with Crippen LogP contribution in [0.25, 0.3) is 10.9 Å². The number of piperidine rings is 1. The fraction of sp³-hybridized carbons (Fsp3) is 0.467. The molecule has 3 heterocycles. The van der Waals surface area contributed by atoms with Crippen LogP contribution in [-0.4, -0.2) is 42.1 Å². The standard InChI is InChI=1S/C15H18N4O2/c16-11-1-2-12-13(9-11)17-10-18-14(12)19-5-3-15(4-6-19)20-7-8-21-15/h1-2,9-10H,3-8,16H2. The van der Waals surface area contributed by atoms with E-state index in [9.17, 15) is 0 Å². The second-order valence-electron chi connectivity index (χ2n) is 5.57. The number of aromatic nitrogens is 2. The Bertz CT molecular complexity index is 660. The van der Waals surface area contributed by atoms with Gasteiger partial charge >= 0.3 is 0 Å². The van der Waals surface area contributed by atoms with Gasteiger partial charge in [0.05, 0.1) is 18.7 Å². The molecule has 21 heavy (non-hydrogen) atoms. The molecule has 0 radical (unpaired) electrons. The Hall–Kier alpha value is -1.92. The largest absolute Gasteiger partial charge is 0.399 e.